The second-order valence-electron chi connectivity index (χ2n) is 11.9. The first-order valence-electron chi connectivity index (χ1n) is 14.1. The van der Waals surface area contributed by atoms with Crippen LogP contribution in [0.4, 0.5) is 10.5 Å². The maximum absolute atomic E-state index is 14.1. The van der Waals surface area contributed by atoms with Crippen LogP contribution in [0, 0.1) is 17.8 Å². The minimum Gasteiger partial charge on any atom is -0.481 e. The summed E-state index contributed by atoms with van der Waals surface area (Å²) in [5.74, 6) is 1.44. The normalized spacial score (nSPS) is 25.7. The van der Waals surface area contributed by atoms with Gasteiger partial charge in [-0.2, -0.15) is 0 Å². The highest BCUT2D eigenvalue weighted by molar-refractivity contribution is 7.99. The van der Waals surface area contributed by atoms with Crippen LogP contribution in [0.5, 0.6) is 0 Å². The molecule has 3 aromatic rings. The van der Waals surface area contributed by atoms with Gasteiger partial charge < -0.3 is 15.3 Å². The number of rotatable bonds is 8. The van der Waals surface area contributed by atoms with Gasteiger partial charge in [-0.25, -0.2) is 4.79 Å². The molecule has 2 N–H and O–H groups in total. The number of aliphatic carboxylic acids is 1. The third-order valence-corrected chi connectivity index (χ3v) is 10.0. The van der Waals surface area contributed by atoms with E-state index in [1.807, 2.05) is 54.6 Å². The summed E-state index contributed by atoms with van der Waals surface area (Å²) in [5.41, 5.74) is 2.72. The van der Waals surface area contributed by atoms with Crippen molar-refractivity contribution in [2.75, 3.05) is 5.32 Å². The molecule has 4 aliphatic carbocycles. The summed E-state index contributed by atoms with van der Waals surface area (Å²) in [4.78, 5) is 29.3. The van der Waals surface area contributed by atoms with Gasteiger partial charge >= 0.3 is 12.0 Å². The van der Waals surface area contributed by atoms with Gasteiger partial charge in [0.25, 0.3) is 0 Å². The molecule has 39 heavy (non-hydrogen) atoms. The van der Waals surface area contributed by atoms with E-state index in [0.717, 1.165) is 58.1 Å². The summed E-state index contributed by atoms with van der Waals surface area (Å²) in [7, 11) is 0. The molecule has 4 fully saturated rings. The minimum atomic E-state index is -0.826. The van der Waals surface area contributed by atoms with Crippen molar-refractivity contribution < 1.29 is 14.7 Å². The van der Waals surface area contributed by atoms with E-state index in [0.29, 0.717) is 0 Å². The van der Waals surface area contributed by atoms with Crippen molar-refractivity contribution >= 4 is 29.4 Å². The van der Waals surface area contributed by atoms with Crippen LogP contribution < -0.4 is 5.32 Å². The number of amides is 2. The monoisotopic (exact) mass is 540 g/mol. The van der Waals surface area contributed by atoms with Crippen LogP contribution in [0.25, 0.3) is 0 Å². The third kappa shape index (κ3) is 5.58. The van der Waals surface area contributed by atoms with E-state index in [1.165, 1.54) is 24.8 Å². The molecule has 5 nitrogen and oxygen atoms in total. The van der Waals surface area contributed by atoms with Gasteiger partial charge in [0.15, 0.2) is 0 Å². The zero-order valence-electron chi connectivity index (χ0n) is 22.4. The van der Waals surface area contributed by atoms with Crippen molar-refractivity contribution in [3.63, 3.8) is 0 Å². The molecule has 1 atom stereocenters. The molecule has 6 heteroatoms. The zero-order chi connectivity index (χ0) is 27.0. The number of carboxylic acid groups (broad SMARTS) is 1. The summed E-state index contributed by atoms with van der Waals surface area (Å²) in [6, 6.07) is 26.1. The van der Waals surface area contributed by atoms with Crippen LogP contribution in [-0.2, 0) is 11.2 Å². The highest BCUT2D eigenvalue weighted by atomic mass is 32.2. The Labute approximate surface area is 235 Å². The second-order valence-corrected chi connectivity index (χ2v) is 13.0. The Morgan fingerprint density at radius 1 is 0.872 bits per heavy atom. The summed E-state index contributed by atoms with van der Waals surface area (Å²) < 4.78 is 0. The maximum Gasteiger partial charge on any atom is 0.322 e. The van der Waals surface area contributed by atoms with Gasteiger partial charge in [-0.05, 0) is 111 Å². The molecule has 202 valence electrons. The Kier molecular flexibility index (Phi) is 7.15. The molecule has 0 saturated heterocycles. The first-order chi connectivity index (χ1) is 18.9. The highest BCUT2D eigenvalue weighted by Gasteiger charge is 2.55. The summed E-state index contributed by atoms with van der Waals surface area (Å²) in [6.07, 6.45) is 7.45. The molecule has 0 heterocycles. The van der Waals surface area contributed by atoms with Gasteiger partial charge in [0.05, 0.1) is 12.5 Å². The molecule has 4 aliphatic rings. The quantitative estimate of drug-likeness (QED) is 0.303. The molecule has 2 amide bonds. The fraction of sp³-hybridized carbons (Fsp3) is 0.394. The molecule has 1 unspecified atom stereocenters. The van der Waals surface area contributed by atoms with E-state index >= 15 is 0 Å². The summed E-state index contributed by atoms with van der Waals surface area (Å²) >= 11 is 1.62. The molecule has 4 saturated carbocycles. The molecule has 7 rings (SSSR count). The van der Waals surface area contributed by atoms with E-state index in [1.54, 1.807) is 11.8 Å². The van der Waals surface area contributed by atoms with Crippen LogP contribution in [0.1, 0.15) is 62.6 Å². The van der Waals surface area contributed by atoms with Crippen molar-refractivity contribution in [2.45, 2.75) is 73.2 Å². The van der Waals surface area contributed by atoms with E-state index in [9.17, 15) is 9.59 Å². The topological polar surface area (TPSA) is 69.6 Å². The smallest absolute Gasteiger partial charge is 0.322 e. The van der Waals surface area contributed by atoms with Crippen molar-refractivity contribution in [1.82, 2.24) is 4.90 Å². The number of hydrogen-bond donors (Lipinski definition) is 2. The number of carboxylic acids is 1. The summed E-state index contributed by atoms with van der Waals surface area (Å²) in [6.45, 7) is 2.19. The van der Waals surface area contributed by atoms with Crippen LogP contribution >= 0.6 is 11.8 Å². The van der Waals surface area contributed by atoms with Gasteiger partial charge in [0.2, 0.25) is 0 Å². The minimum absolute atomic E-state index is 0.00128. The number of urea groups is 1. The highest BCUT2D eigenvalue weighted by Crippen LogP contribution is 2.59. The standard InChI is InChI=1S/C33H36N2O3S/c1-22(27-5-3-2-4-6-27)35(33-19-24-15-25(20-33)17-26(16-24)21-33)32(38)34-28-9-13-30(14-10-28)39-29-11-7-23(8-12-29)18-31(36)37/h2-14,22,24-26H,15-21H2,1H3,(H,34,38)(H,36,37). The summed E-state index contributed by atoms with van der Waals surface area (Å²) in [5, 5.41) is 12.2. The Bertz CT molecular complexity index is 1290. The molecule has 0 radical (unpaired) electrons. The molecular formula is C33H36N2O3S. The predicted molar refractivity (Wildman–Crippen MR) is 155 cm³/mol. The average molecular weight is 541 g/mol. The first-order valence-corrected chi connectivity index (χ1v) is 14.9. The number of benzene rings is 3. The number of anilines is 1. The van der Waals surface area contributed by atoms with Crippen LogP contribution in [0.2, 0.25) is 0 Å². The Hall–Kier alpha value is -3.25. The van der Waals surface area contributed by atoms with Gasteiger partial charge in [0.1, 0.15) is 0 Å². The van der Waals surface area contributed by atoms with Gasteiger partial charge in [0, 0.05) is 21.0 Å². The van der Waals surface area contributed by atoms with Crippen molar-refractivity contribution in [3.05, 3.63) is 90.0 Å². The van der Waals surface area contributed by atoms with Crippen molar-refractivity contribution in [2.24, 2.45) is 17.8 Å². The van der Waals surface area contributed by atoms with Gasteiger partial charge in [-0.1, -0.05) is 54.2 Å². The maximum atomic E-state index is 14.1. The molecular weight excluding hydrogens is 504 g/mol. The SMILES string of the molecule is CC(c1ccccc1)N(C(=O)Nc1ccc(Sc2ccc(CC(=O)O)cc2)cc1)C12CC3CC(CC(C3)C1)C2. The lowest BCUT2D eigenvalue weighted by Crippen LogP contribution is -2.62. The van der Waals surface area contributed by atoms with Crippen molar-refractivity contribution in [3.8, 4) is 0 Å². The van der Waals surface area contributed by atoms with Crippen LogP contribution in [-0.4, -0.2) is 27.5 Å². The third-order valence-electron chi connectivity index (χ3n) is 9.03. The van der Waals surface area contributed by atoms with Crippen LogP contribution in [0.15, 0.2) is 88.7 Å². The van der Waals surface area contributed by atoms with E-state index < -0.39 is 5.97 Å². The first kappa shape index (κ1) is 26.0. The molecule has 4 bridgehead atoms. The van der Waals surface area contributed by atoms with E-state index in [4.69, 9.17) is 5.11 Å². The predicted octanol–water partition coefficient (Wildman–Crippen LogP) is 8.03. The van der Waals surface area contributed by atoms with E-state index in [-0.39, 0.29) is 24.0 Å². The average Bonchev–Trinajstić information content (AvgIpc) is 2.90. The lowest BCUT2D eigenvalue weighted by Gasteiger charge is -2.61. The lowest BCUT2D eigenvalue weighted by atomic mass is 9.52. The van der Waals surface area contributed by atoms with E-state index in [2.05, 4.69) is 41.4 Å². The fourth-order valence-electron chi connectivity index (χ4n) is 7.82. The number of hydrogen-bond acceptors (Lipinski definition) is 3. The Morgan fingerprint density at radius 2 is 1.41 bits per heavy atom. The number of nitrogens with zero attached hydrogens (tertiary/aromatic N) is 1. The molecule has 0 aliphatic heterocycles. The largest absolute Gasteiger partial charge is 0.481 e. The van der Waals surface area contributed by atoms with Crippen molar-refractivity contribution in [1.29, 1.82) is 0 Å². The zero-order valence-corrected chi connectivity index (χ0v) is 23.2. The number of nitrogens with one attached hydrogen (secondary N) is 1. The Balaban J connectivity index is 1.19. The molecule has 0 spiro atoms. The number of carbonyl (C=O) groups excluding carboxylic acids is 1. The van der Waals surface area contributed by atoms with Gasteiger partial charge in [-0.15, -0.1) is 0 Å². The molecule has 0 aromatic heterocycles. The Morgan fingerprint density at radius 3 is 1.95 bits per heavy atom. The lowest BCUT2D eigenvalue weighted by molar-refractivity contribution is -0.136. The van der Waals surface area contributed by atoms with Crippen LogP contribution in [0.3, 0.4) is 0 Å². The molecule has 3 aromatic carbocycles. The van der Waals surface area contributed by atoms with Gasteiger partial charge in [-0.3, -0.25) is 4.79 Å². The fourth-order valence-corrected chi connectivity index (χ4v) is 8.64. The number of carbonyl (C=O) groups is 2. The second kappa shape index (κ2) is 10.7.